The molecule has 7 heteroatoms. The summed E-state index contributed by atoms with van der Waals surface area (Å²) in [6.07, 6.45) is 0. The number of benzene rings is 1. The molecule has 0 aliphatic rings. The molecule has 1 rings (SSSR count). The van der Waals surface area contributed by atoms with Crippen LogP contribution in [0.1, 0.15) is 0 Å². The number of hydrogen-bond acceptors (Lipinski definition) is 5. The summed E-state index contributed by atoms with van der Waals surface area (Å²) in [6, 6.07) is 3.37. The van der Waals surface area contributed by atoms with Gasteiger partial charge in [0.15, 0.2) is 0 Å². The first kappa shape index (κ1) is 13.3. The van der Waals surface area contributed by atoms with Gasteiger partial charge < -0.3 is 15.2 Å². The first-order chi connectivity index (χ1) is 8.15. The second-order valence-electron chi connectivity index (χ2n) is 3.12. The van der Waals surface area contributed by atoms with Gasteiger partial charge >= 0.3 is 5.69 Å². The van der Waals surface area contributed by atoms with Crippen molar-refractivity contribution in [1.29, 1.82) is 0 Å². The number of nitro groups is 1. The lowest BCUT2D eigenvalue weighted by atomic mass is 10.3. The van der Waals surface area contributed by atoms with Gasteiger partial charge in [-0.15, -0.1) is 0 Å². The van der Waals surface area contributed by atoms with Gasteiger partial charge in [0.05, 0.1) is 18.1 Å². The summed E-state index contributed by atoms with van der Waals surface area (Å²) in [7, 11) is 0. The summed E-state index contributed by atoms with van der Waals surface area (Å²) < 4.78 is 23.3. The monoisotopic (exact) mass is 244 g/mol. The molecule has 0 aliphatic carbocycles. The summed E-state index contributed by atoms with van der Waals surface area (Å²) in [5.41, 5.74) is 4.63. The first-order valence-electron chi connectivity index (χ1n) is 4.99. The first-order valence-corrected chi connectivity index (χ1v) is 4.99. The van der Waals surface area contributed by atoms with Gasteiger partial charge in [0.2, 0.25) is 5.82 Å². The van der Waals surface area contributed by atoms with E-state index < -0.39 is 16.4 Å². The fourth-order valence-corrected chi connectivity index (χ4v) is 1.13. The number of ether oxygens (including phenoxy) is 2. The second-order valence-corrected chi connectivity index (χ2v) is 3.12. The van der Waals surface area contributed by atoms with Crippen LogP contribution >= 0.6 is 0 Å². The molecule has 0 fully saturated rings. The number of nitrogens with zero attached hydrogens (tertiary/aromatic N) is 1. The number of nitro benzene ring substituents is 1. The molecule has 17 heavy (non-hydrogen) atoms. The molecule has 0 spiro atoms. The third kappa shape index (κ3) is 4.33. The summed E-state index contributed by atoms with van der Waals surface area (Å²) in [5, 5.41) is 10.4. The zero-order valence-electron chi connectivity index (χ0n) is 9.10. The second kappa shape index (κ2) is 6.77. The molecular formula is C10H13FN2O4. The molecule has 0 atom stereocenters. The predicted octanol–water partition coefficient (Wildman–Crippen LogP) is 1.09. The van der Waals surface area contributed by atoms with Crippen LogP contribution in [0.25, 0.3) is 0 Å². The zero-order chi connectivity index (χ0) is 12.7. The summed E-state index contributed by atoms with van der Waals surface area (Å²) in [6.45, 7) is 1.41. The quantitative estimate of drug-likeness (QED) is 0.440. The molecule has 0 unspecified atom stereocenters. The lowest BCUT2D eigenvalue weighted by Crippen LogP contribution is -2.13. The standard InChI is InChI=1S/C10H13FN2O4/c11-9-7-8(1-2-10(9)13(14)15)17-6-5-16-4-3-12/h1-2,7H,3-6,12H2. The largest absolute Gasteiger partial charge is 0.491 e. The van der Waals surface area contributed by atoms with Gasteiger partial charge in [0.25, 0.3) is 0 Å². The van der Waals surface area contributed by atoms with Gasteiger partial charge in [0, 0.05) is 18.7 Å². The Kier molecular flexibility index (Phi) is 5.31. The molecule has 1 aromatic carbocycles. The molecular weight excluding hydrogens is 231 g/mol. The van der Waals surface area contributed by atoms with Crippen LogP contribution in [0.15, 0.2) is 18.2 Å². The van der Waals surface area contributed by atoms with Crippen LogP contribution < -0.4 is 10.5 Å². The van der Waals surface area contributed by atoms with E-state index in [4.69, 9.17) is 15.2 Å². The highest BCUT2D eigenvalue weighted by Crippen LogP contribution is 2.22. The van der Waals surface area contributed by atoms with Gasteiger partial charge in [-0.1, -0.05) is 0 Å². The molecule has 1 aromatic rings. The van der Waals surface area contributed by atoms with E-state index in [0.29, 0.717) is 19.8 Å². The van der Waals surface area contributed by atoms with Gasteiger partial charge in [-0.05, 0) is 6.07 Å². The Bertz CT molecular complexity index is 387. The molecule has 0 radical (unpaired) electrons. The Morgan fingerprint density at radius 2 is 2.12 bits per heavy atom. The van der Waals surface area contributed by atoms with Gasteiger partial charge in [-0.2, -0.15) is 4.39 Å². The van der Waals surface area contributed by atoms with Crippen molar-refractivity contribution < 1.29 is 18.8 Å². The van der Waals surface area contributed by atoms with Crippen LogP contribution in [0.2, 0.25) is 0 Å². The van der Waals surface area contributed by atoms with E-state index in [9.17, 15) is 14.5 Å². The predicted molar refractivity (Wildman–Crippen MR) is 58.4 cm³/mol. The average molecular weight is 244 g/mol. The lowest BCUT2D eigenvalue weighted by Gasteiger charge is -2.06. The van der Waals surface area contributed by atoms with E-state index in [2.05, 4.69) is 0 Å². The normalized spacial score (nSPS) is 10.2. The fourth-order valence-electron chi connectivity index (χ4n) is 1.13. The Labute approximate surface area is 97.3 Å². The minimum absolute atomic E-state index is 0.226. The number of rotatable bonds is 7. The van der Waals surface area contributed by atoms with E-state index in [1.54, 1.807) is 0 Å². The maximum absolute atomic E-state index is 13.2. The number of hydrogen-bond donors (Lipinski definition) is 1. The van der Waals surface area contributed by atoms with Crippen molar-refractivity contribution in [2.45, 2.75) is 0 Å². The van der Waals surface area contributed by atoms with Crippen LogP contribution in [-0.4, -0.2) is 31.3 Å². The third-order valence-electron chi connectivity index (χ3n) is 1.87. The van der Waals surface area contributed by atoms with Crippen molar-refractivity contribution in [1.82, 2.24) is 0 Å². The molecule has 0 saturated carbocycles. The van der Waals surface area contributed by atoms with Crippen LogP contribution in [0.5, 0.6) is 5.75 Å². The minimum atomic E-state index is -0.921. The summed E-state index contributed by atoms with van der Waals surface area (Å²) in [5.74, 6) is -0.695. The van der Waals surface area contributed by atoms with E-state index in [1.165, 1.54) is 6.07 Å². The third-order valence-corrected chi connectivity index (χ3v) is 1.87. The summed E-state index contributed by atoms with van der Waals surface area (Å²) >= 11 is 0. The van der Waals surface area contributed by atoms with Gasteiger partial charge in [0.1, 0.15) is 12.4 Å². The van der Waals surface area contributed by atoms with Crippen LogP contribution in [0, 0.1) is 15.9 Å². The van der Waals surface area contributed by atoms with Crippen molar-refractivity contribution in [3.8, 4) is 5.75 Å². The topological polar surface area (TPSA) is 87.6 Å². The highest BCUT2D eigenvalue weighted by Gasteiger charge is 2.13. The molecule has 0 bridgehead atoms. The average Bonchev–Trinajstić information content (AvgIpc) is 2.28. The maximum Gasteiger partial charge on any atom is 0.305 e. The van der Waals surface area contributed by atoms with E-state index >= 15 is 0 Å². The Balaban J connectivity index is 2.45. The van der Waals surface area contributed by atoms with Crippen molar-refractivity contribution >= 4 is 5.69 Å². The molecule has 2 N–H and O–H groups in total. The van der Waals surface area contributed by atoms with Crippen LogP contribution in [0.3, 0.4) is 0 Å². The molecule has 0 aliphatic heterocycles. The van der Waals surface area contributed by atoms with Gasteiger partial charge in [-0.3, -0.25) is 10.1 Å². The number of halogens is 1. The van der Waals surface area contributed by atoms with Crippen molar-refractivity contribution in [3.63, 3.8) is 0 Å². The molecule has 0 amide bonds. The zero-order valence-corrected chi connectivity index (χ0v) is 9.10. The molecule has 0 saturated heterocycles. The molecule has 94 valence electrons. The highest BCUT2D eigenvalue weighted by atomic mass is 19.1. The van der Waals surface area contributed by atoms with E-state index in [0.717, 1.165) is 12.1 Å². The highest BCUT2D eigenvalue weighted by molar-refractivity contribution is 5.37. The SMILES string of the molecule is NCCOCCOc1ccc([N+](=O)[O-])c(F)c1. The fraction of sp³-hybridized carbons (Fsp3) is 0.400. The van der Waals surface area contributed by atoms with Crippen molar-refractivity contribution in [3.05, 3.63) is 34.1 Å². The lowest BCUT2D eigenvalue weighted by molar-refractivity contribution is -0.387. The van der Waals surface area contributed by atoms with Crippen molar-refractivity contribution in [2.75, 3.05) is 26.4 Å². The van der Waals surface area contributed by atoms with Gasteiger partial charge in [-0.25, -0.2) is 0 Å². The molecule has 0 heterocycles. The Morgan fingerprint density at radius 1 is 1.35 bits per heavy atom. The minimum Gasteiger partial charge on any atom is -0.491 e. The van der Waals surface area contributed by atoms with Crippen LogP contribution in [0.4, 0.5) is 10.1 Å². The molecule has 6 nitrogen and oxygen atoms in total. The van der Waals surface area contributed by atoms with E-state index in [1.807, 2.05) is 0 Å². The number of nitrogens with two attached hydrogens (primary N) is 1. The summed E-state index contributed by atoms with van der Waals surface area (Å²) in [4.78, 5) is 9.57. The Morgan fingerprint density at radius 3 is 2.71 bits per heavy atom. The smallest absolute Gasteiger partial charge is 0.305 e. The van der Waals surface area contributed by atoms with E-state index in [-0.39, 0.29) is 12.4 Å². The van der Waals surface area contributed by atoms with Crippen LogP contribution in [-0.2, 0) is 4.74 Å². The maximum atomic E-state index is 13.2. The Hall–Kier alpha value is -1.73. The molecule has 0 aromatic heterocycles. The van der Waals surface area contributed by atoms with Crippen molar-refractivity contribution in [2.24, 2.45) is 5.73 Å².